The van der Waals surface area contributed by atoms with Gasteiger partial charge in [-0.05, 0) is 55.2 Å². The first-order chi connectivity index (χ1) is 14.3. The van der Waals surface area contributed by atoms with Gasteiger partial charge >= 0.3 is 5.97 Å². The number of para-hydroxylation sites is 1. The zero-order chi connectivity index (χ0) is 22.3. The highest BCUT2D eigenvalue weighted by atomic mass is 16.5. The number of aryl methyl sites for hydroxylation is 1. The fourth-order valence-electron chi connectivity index (χ4n) is 2.96. The molecule has 0 unspecified atom stereocenters. The lowest BCUT2D eigenvalue weighted by Crippen LogP contribution is -2.30. The molecule has 0 aliphatic heterocycles. The molecule has 0 radical (unpaired) electrons. The Balaban J connectivity index is 2.06. The van der Waals surface area contributed by atoms with E-state index in [4.69, 9.17) is 14.2 Å². The summed E-state index contributed by atoms with van der Waals surface area (Å²) in [6.45, 7) is 7.60. The van der Waals surface area contributed by atoms with Crippen molar-refractivity contribution >= 4 is 23.6 Å². The van der Waals surface area contributed by atoms with Crippen LogP contribution in [-0.2, 0) is 14.3 Å². The van der Waals surface area contributed by atoms with Crippen molar-refractivity contribution in [3.8, 4) is 11.5 Å². The van der Waals surface area contributed by atoms with Gasteiger partial charge in [0.25, 0.3) is 5.91 Å². The Labute approximate surface area is 177 Å². The van der Waals surface area contributed by atoms with E-state index < -0.39 is 12.1 Å². The molecule has 6 heteroatoms. The van der Waals surface area contributed by atoms with Gasteiger partial charge in [0.05, 0.1) is 14.2 Å². The lowest BCUT2D eigenvalue weighted by molar-refractivity contribution is -0.148. The summed E-state index contributed by atoms with van der Waals surface area (Å²) in [6.07, 6.45) is 1.87. The molecule has 0 aliphatic carbocycles. The van der Waals surface area contributed by atoms with Crippen molar-refractivity contribution in [1.29, 1.82) is 0 Å². The third-order valence-electron chi connectivity index (χ3n) is 4.67. The van der Waals surface area contributed by atoms with Gasteiger partial charge in [-0.3, -0.25) is 4.79 Å². The quantitative estimate of drug-likeness (QED) is 0.503. The van der Waals surface area contributed by atoms with Gasteiger partial charge in [-0.15, -0.1) is 0 Å². The van der Waals surface area contributed by atoms with E-state index in [0.717, 1.165) is 16.8 Å². The smallest absolute Gasteiger partial charge is 0.331 e. The zero-order valence-electron chi connectivity index (χ0n) is 18.3. The van der Waals surface area contributed by atoms with Crippen LogP contribution in [0.1, 0.15) is 43.4 Å². The summed E-state index contributed by atoms with van der Waals surface area (Å²) in [7, 11) is 3.10. The number of nitrogens with one attached hydrogen (secondary N) is 1. The van der Waals surface area contributed by atoms with Crippen LogP contribution in [-0.4, -0.2) is 32.2 Å². The van der Waals surface area contributed by atoms with Crippen molar-refractivity contribution in [3.05, 3.63) is 59.2 Å². The highest BCUT2D eigenvalue weighted by Gasteiger charge is 2.19. The van der Waals surface area contributed by atoms with Crippen LogP contribution in [0.2, 0.25) is 0 Å². The van der Waals surface area contributed by atoms with Crippen molar-refractivity contribution in [2.75, 3.05) is 19.5 Å². The van der Waals surface area contributed by atoms with E-state index in [2.05, 4.69) is 19.2 Å². The molecule has 0 heterocycles. The standard InChI is InChI=1S/C24H29NO5/c1-15(2)20-9-7-8-16(3)23(20)25-24(27)17(4)30-22(26)13-10-18-14-19(28-5)11-12-21(18)29-6/h7-15,17H,1-6H3,(H,25,27)/b13-10+/t17-/m0/s1. The topological polar surface area (TPSA) is 73.9 Å². The van der Waals surface area contributed by atoms with Gasteiger partial charge in [-0.25, -0.2) is 4.79 Å². The molecule has 1 N–H and O–H groups in total. The molecule has 0 saturated heterocycles. The predicted octanol–water partition coefficient (Wildman–Crippen LogP) is 4.72. The van der Waals surface area contributed by atoms with E-state index in [0.29, 0.717) is 17.1 Å². The highest BCUT2D eigenvalue weighted by molar-refractivity contribution is 5.97. The maximum absolute atomic E-state index is 12.6. The normalized spacial score (nSPS) is 12.0. The van der Waals surface area contributed by atoms with Crippen LogP contribution in [0, 0.1) is 6.92 Å². The van der Waals surface area contributed by atoms with Crippen LogP contribution >= 0.6 is 0 Å². The second-order valence-electron chi connectivity index (χ2n) is 7.20. The van der Waals surface area contributed by atoms with E-state index in [1.807, 2.05) is 25.1 Å². The number of esters is 1. The Bertz CT molecular complexity index is 933. The second kappa shape index (κ2) is 10.5. The fourth-order valence-corrected chi connectivity index (χ4v) is 2.96. The van der Waals surface area contributed by atoms with Crippen LogP contribution in [0.25, 0.3) is 6.08 Å². The van der Waals surface area contributed by atoms with Crippen molar-refractivity contribution in [3.63, 3.8) is 0 Å². The number of benzene rings is 2. The number of carbonyl (C=O) groups is 2. The number of anilines is 1. The van der Waals surface area contributed by atoms with Crippen molar-refractivity contribution in [2.24, 2.45) is 0 Å². The van der Waals surface area contributed by atoms with Crippen molar-refractivity contribution < 1.29 is 23.8 Å². The van der Waals surface area contributed by atoms with Gasteiger partial charge in [-0.1, -0.05) is 32.0 Å². The summed E-state index contributed by atoms with van der Waals surface area (Å²) in [6, 6.07) is 11.1. The molecule has 0 fully saturated rings. The second-order valence-corrected chi connectivity index (χ2v) is 7.20. The molecular weight excluding hydrogens is 382 g/mol. The minimum Gasteiger partial charge on any atom is -0.497 e. The molecule has 2 rings (SSSR count). The van der Waals surface area contributed by atoms with E-state index in [-0.39, 0.29) is 11.8 Å². The summed E-state index contributed by atoms with van der Waals surface area (Å²) in [5.41, 5.74) is 3.41. The molecule has 160 valence electrons. The van der Waals surface area contributed by atoms with E-state index in [1.54, 1.807) is 45.4 Å². The van der Waals surface area contributed by atoms with Gasteiger partial charge in [0.1, 0.15) is 11.5 Å². The number of hydrogen-bond donors (Lipinski definition) is 1. The average Bonchev–Trinajstić information content (AvgIpc) is 2.72. The number of hydrogen-bond acceptors (Lipinski definition) is 5. The van der Waals surface area contributed by atoms with Crippen LogP contribution in [0.3, 0.4) is 0 Å². The largest absolute Gasteiger partial charge is 0.497 e. The minimum atomic E-state index is -0.950. The first-order valence-corrected chi connectivity index (χ1v) is 9.77. The molecule has 6 nitrogen and oxygen atoms in total. The average molecular weight is 411 g/mol. The zero-order valence-corrected chi connectivity index (χ0v) is 18.3. The molecule has 0 spiro atoms. The lowest BCUT2D eigenvalue weighted by atomic mass is 9.98. The molecule has 0 aromatic heterocycles. The summed E-state index contributed by atoms with van der Waals surface area (Å²) < 4.78 is 15.7. The maximum atomic E-state index is 12.6. The molecule has 1 atom stereocenters. The lowest BCUT2D eigenvalue weighted by Gasteiger charge is -2.18. The Morgan fingerprint density at radius 1 is 1.03 bits per heavy atom. The van der Waals surface area contributed by atoms with Gasteiger partial charge in [0.15, 0.2) is 6.10 Å². The van der Waals surface area contributed by atoms with Gasteiger partial charge < -0.3 is 19.5 Å². The monoisotopic (exact) mass is 411 g/mol. The summed E-state index contributed by atoms with van der Waals surface area (Å²) >= 11 is 0. The van der Waals surface area contributed by atoms with Gasteiger partial charge in [0, 0.05) is 17.3 Å². The number of methoxy groups -OCH3 is 2. The number of rotatable bonds is 8. The Hall–Kier alpha value is -3.28. The number of carbonyl (C=O) groups excluding carboxylic acids is 2. The molecule has 0 saturated carbocycles. The van der Waals surface area contributed by atoms with Crippen molar-refractivity contribution in [1.82, 2.24) is 0 Å². The van der Waals surface area contributed by atoms with E-state index in [9.17, 15) is 9.59 Å². The van der Waals surface area contributed by atoms with E-state index >= 15 is 0 Å². The molecule has 30 heavy (non-hydrogen) atoms. The number of ether oxygens (including phenoxy) is 3. The minimum absolute atomic E-state index is 0.249. The third kappa shape index (κ3) is 5.86. The van der Waals surface area contributed by atoms with Gasteiger partial charge in [-0.2, -0.15) is 0 Å². The summed E-state index contributed by atoms with van der Waals surface area (Å²) in [5, 5.41) is 2.90. The fraction of sp³-hybridized carbons (Fsp3) is 0.333. The number of amides is 1. The Morgan fingerprint density at radius 2 is 1.77 bits per heavy atom. The Kier molecular flexibility index (Phi) is 8.04. The van der Waals surface area contributed by atoms with Gasteiger partial charge in [0.2, 0.25) is 0 Å². The van der Waals surface area contributed by atoms with Crippen LogP contribution < -0.4 is 14.8 Å². The third-order valence-corrected chi connectivity index (χ3v) is 4.67. The van der Waals surface area contributed by atoms with E-state index in [1.165, 1.54) is 6.08 Å². The first-order valence-electron chi connectivity index (χ1n) is 9.77. The molecular formula is C24H29NO5. The SMILES string of the molecule is COc1ccc(OC)c(/C=C/C(=O)O[C@@H](C)C(=O)Nc2c(C)cccc2C(C)C)c1. The van der Waals surface area contributed by atoms with Crippen LogP contribution in [0.15, 0.2) is 42.5 Å². The Morgan fingerprint density at radius 3 is 2.40 bits per heavy atom. The molecule has 1 amide bonds. The van der Waals surface area contributed by atoms with Crippen LogP contribution in [0.5, 0.6) is 11.5 Å². The molecule has 0 bridgehead atoms. The highest BCUT2D eigenvalue weighted by Crippen LogP contribution is 2.28. The summed E-state index contributed by atoms with van der Waals surface area (Å²) in [5.74, 6) is 0.462. The van der Waals surface area contributed by atoms with Crippen molar-refractivity contribution in [2.45, 2.75) is 39.7 Å². The summed E-state index contributed by atoms with van der Waals surface area (Å²) in [4.78, 5) is 24.8. The predicted molar refractivity (Wildman–Crippen MR) is 118 cm³/mol. The molecule has 2 aromatic carbocycles. The van der Waals surface area contributed by atoms with Crippen LogP contribution in [0.4, 0.5) is 5.69 Å². The first kappa shape index (κ1) is 23.0. The molecule has 0 aliphatic rings. The maximum Gasteiger partial charge on any atom is 0.331 e. The molecule has 2 aromatic rings.